The molecule has 1 aromatic carbocycles. The summed E-state index contributed by atoms with van der Waals surface area (Å²) in [5, 5.41) is 0. The molecule has 4 nitrogen and oxygen atoms in total. The summed E-state index contributed by atoms with van der Waals surface area (Å²) in [7, 11) is 0. The summed E-state index contributed by atoms with van der Waals surface area (Å²) < 4.78 is 24.6. The van der Waals surface area contributed by atoms with E-state index in [4.69, 9.17) is 9.47 Å². The molecule has 152 valence electrons. The van der Waals surface area contributed by atoms with E-state index in [1.807, 2.05) is 0 Å². The van der Waals surface area contributed by atoms with Crippen LogP contribution in [0.1, 0.15) is 105 Å². The second-order valence-electron chi connectivity index (χ2n) is 6.62. The van der Waals surface area contributed by atoms with E-state index in [9.17, 15) is 14.0 Å². The van der Waals surface area contributed by atoms with E-state index in [0.717, 1.165) is 19.3 Å². The Bertz CT molecular complexity index is 586. The number of esters is 2. The number of carbonyl (C=O) groups is 2. The molecule has 0 aliphatic rings. The van der Waals surface area contributed by atoms with Crippen molar-refractivity contribution in [1.82, 2.24) is 0 Å². The van der Waals surface area contributed by atoms with E-state index >= 15 is 0 Å². The van der Waals surface area contributed by atoms with Gasteiger partial charge in [-0.3, -0.25) is 0 Å². The first-order valence-corrected chi connectivity index (χ1v) is 10.2. The summed E-state index contributed by atoms with van der Waals surface area (Å²) >= 11 is 0. The minimum atomic E-state index is -1.16. The number of benzene rings is 1. The highest BCUT2D eigenvalue weighted by Crippen LogP contribution is 2.27. The highest BCUT2D eigenvalue weighted by Gasteiger charge is 2.22. The molecular formula is C22H33FO4. The molecule has 0 aliphatic heterocycles. The molecule has 0 fully saturated rings. The Labute approximate surface area is 162 Å². The maximum Gasteiger partial charge on any atom is 0.339 e. The Balaban J connectivity index is 2.72. The van der Waals surface area contributed by atoms with Crippen LogP contribution in [0.25, 0.3) is 0 Å². The average Bonchev–Trinajstić information content (AvgIpc) is 2.67. The lowest BCUT2D eigenvalue weighted by Gasteiger charge is -2.13. The molecule has 0 aliphatic carbocycles. The zero-order chi connectivity index (χ0) is 20.1. The second kappa shape index (κ2) is 13.3. The molecule has 0 bridgehead atoms. The van der Waals surface area contributed by atoms with E-state index in [2.05, 4.69) is 6.92 Å². The highest BCUT2D eigenvalue weighted by molar-refractivity contribution is 6.03. The van der Waals surface area contributed by atoms with Crippen LogP contribution in [0.2, 0.25) is 0 Å². The predicted octanol–water partition coefficient (Wildman–Crippen LogP) is 6.19. The van der Waals surface area contributed by atoms with Gasteiger partial charge in [0.1, 0.15) is 6.17 Å². The van der Waals surface area contributed by atoms with Gasteiger partial charge in [-0.15, -0.1) is 0 Å². The van der Waals surface area contributed by atoms with Gasteiger partial charge in [0.05, 0.1) is 24.3 Å². The average molecular weight is 381 g/mol. The van der Waals surface area contributed by atoms with E-state index in [1.54, 1.807) is 19.9 Å². The van der Waals surface area contributed by atoms with Gasteiger partial charge in [-0.1, -0.05) is 57.9 Å². The number of hydrogen-bond acceptors (Lipinski definition) is 4. The number of ether oxygens (including phenoxy) is 2. The topological polar surface area (TPSA) is 52.6 Å². The lowest BCUT2D eigenvalue weighted by molar-refractivity contribution is 0.0478. The monoisotopic (exact) mass is 380 g/mol. The molecule has 0 saturated carbocycles. The molecule has 1 rings (SSSR count). The van der Waals surface area contributed by atoms with Crippen LogP contribution in [0.3, 0.4) is 0 Å². The molecule has 1 atom stereocenters. The van der Waals surface area contributed by atoms with Gasteiger partial charge in [-0.05, 0) is 38.0 Å². The van der Waals surface area contributed by atoms with Crippen molar-refractivity contribution in [3.63, 3.8) is 0 Å². The van der Waals surface area contributed by atoms with Crippen molar-refractivity contribution >= 4 is 11.9 Å². The van der Waals surface area contributed by atoms with E-state index in [-0.39, 0.29) is 24.3 Å². The van der Waals surface area contributed by atoms with Crippen LogP contribution in [-0.2, 0) is 9.47 Å². The fourth-order valence-electron chi connectivity index (χ4n) is 2.97. The molecule has 0 aromatic heterocycles. The third-order valence-electron chi connectivity index (χ3n) is 4.46. The van der Waals surface area contributed by atoms with Crippen molar-refractivity contribution in [3.05, 3.63) is 34.9 Å². The first-order chi connectivity index (χ1) is 13.0. The van der Waals surface area contributed by atoms with Crippen LogP contribution >= 0.6 is 0 Å². The van der Waals surface area contributed by atoms with Gasteiger partial charge in [-0.2, -0.15) is 0 Å². The lowest BCUT2D eigenvalue weighted by atomic mass is 9.98. The third kappa shape index (κ3) is 8.10. The van der Waals surface area contributed by atoms with Crippen molar-refractivity contribution in [1.29, 1.82) is 0 Å². The fourth-order valence-corrected chi connectivity index (χ4v) is 2.97. The van der Waals surface area contributed by atoms with Crippen LogP contribution < -0.4 is 0 Å². The normalized spacial score (nSPS) is 11.9. The van der Waals surface area contributed by atoms with Crippen molar-refractivity contribution in [2.75, 3.05) is 13.2 Å². The minimum absolute atomic E-state index is 0.0648. The molecule has 0 amide bonds. The summed E-state index contributed by atoms with van der Waals surface area (Å²) in [5.74, 6) is -1.24. The molecule has 1 aromatic rings. The summed E-state index contributed by atoms with van der Waals surface area (Å²) in [4.78, 5) is 24.2. The van der Waals surface area contributed by atoms with Crippen LogP contribution in [-0.4, -0.2) is 25.2 Å². The van der Waals surface area contributed by atoms with Crippen molar-refractivity contribution in [2.24, 2.45) is 0 Å². The Morgan fingerprint density at radius 3 is 2.00 bits per heavy atom. The summed E-state index contributed by atoms with van der Waals surface area (Å²) in [5.41, 5.74) is 0.578. The van der Waals surface area contributed by atoms with Crippen LogP contribution in [0.4, 0.5) is 4.39 Å². The smallest absolute Gasteiger partial charge is 0.339 e. The molecule has 0 N–H and O–H groups in total. The standard InChI is InChI=1S/C22H33FO4/c1-4-7-8-9-10-11-12-13-20(23)17-14-15-18(21(24)26-5-2)19(16-17)22(25)27-6-3/h14-16,20H,4-13H2,1-3H3/t20-/m1/s1. The van der Waals surface area contributed by atoms with Crippen molar-refractivity contribution < 1.29 is 23.5 Å². The number of alkyl halides is 1. The quantitative estimate of drug-likeness (QED) is 0.302. The van der Waals surface area contributed by atoms with Gasteiger partial charge in [0.2, 0.25) is 0 Å². The highest BCUT2D eigenvalue weighted by atomic mass is 19.1. The van der Waals surface area contributed by atoms with Gasteiger partial charge >= 0.3 is 11.9 Å². The Hall–Kier alpha value is -1.91. The Morgan fingerprint density at radius 2 is 1.41 bits per heavy atom. The first kappa shape index (κ1) is 23.1. The summed E-state index contributed by atoms with van der Waals surface area (Å²) in [6, 6.07) is 4.44. The Morgan fingerprint density at radius 1 is 0.852 bits per heavy atom. The number of carbonyl (C=O) groups excluding carboxylic acids is 2. The number of halogens is 1. The van der Waals surface area contributed by atoms with Gasteiger partial charge in [0, 0.05) is 0 Å². The maximum absolute atomic E-state index is 14.6. The fraction of sp³-hybridized carbons (Fsp3) is 0.636. The van der Waals surface area contributed by atoms with Gasteiger partial charge in [-0.25, -0.2) is 14.0 Å². The molecular weight excluding hydrogens is 347 g/mol. The zero-order valence-electron chi connectivity index (χ0n) is 16.9. The van der Waals surface area contributed by atoms with Gasteiger partial charge < -0.3 is 9.47 Å². The molecule has 0 saturated heterocycles. The molecule has 0 heterocycles. The predicted molar refractivity (Wildman–Crippen MR) is 105 cm³/mol. The van der Waals surface area contributed by atoms with Crippen molar-refractivity contribution in [2.45, 2.75) is 78.3 Å². The maximum atomic E-state index is 14.6. The van der Waals surface area contributed by atoms with E-state index in [1.165, 1.54) is 37.8 Å². The lowest BCUT2D eigenvalue weighted by Crippen LogP contribution is -2.15. The van der Waals surface area contributed by atoms with E-state index in [0.29, 0.717) is 12.0 Å². The van der Waals surface area contributed by atoms with Crippen LogP contribution in [0.5, 0.6) is 0 Å². The molecule has 0 unspecified atom stereocenters. The molecule has 5 heteroatoms. The number of hydrogen-bond donors (Lipinski definition) is 0. The second-order valence-corrected chi connectivity index (χ2v) is 6.62. The van der Waals surface area contributed by atoms with Crippen LogP contribution in [0, 0.1) is 0 Å². The SMILES string of the molecule is CCCCCCCCC[C@@H](F)c1ccc(C(=O)OCC)c(C(=O)OCC)c1. The molecule has 0 radical (unpaired) electrons. The van der Waals surface area contributed by atoms with Gasteiger partial charge in [0.25, 0.3) is 0 Å². The zero-order valence-corrected chi connectivity index (χ0v) is 16.9. The Kier molecular flexibility index (Phi) is 11.4. The first-order valence-electron chi connectivity index (χ1n) is 10.2. The van der Waals surface area contributed by atoms with Gasteiger partial charge in [0.15, 0.2) is 0 Å². The van der Waals surface area contributed by atoms with Crippen molar-refractivity contribution in [3.8, 4) is 0 Å². The van der Waals surface area contributed by atoms with E-state index < -0.39 is 18.1 Å². The summed E-state index contributed by atoms with van der Waals surface area (Å²) in [6.45, 7) is 5.95. The summed E-state index contributed by atoms with van der Waals surface area (Å²) in [6.07, 6.45) is 7.12. The number of unbranched alkanes of at least 4 members (excludes halogenated alkanes) is 6. The molecule has 0 spiro atoms. The minimum Gasteiger partial charge on any atom is -0.462 e. The number of rotatable bonds is 13. The third-order valence-corrected chi connectivity index (χ3v) is 4.46. The molecule has 27 heavy (non-hydrogen) atoms. The van der Waals surface area contributed by atoms with Crippen LogP contribution in [0.15, 0.2) is 18.2 Å². The largest absolute Gasteiger partial charge is 0.462 e.